The predicted octanol–water partition coefficient (Wildman–Crippen LogP) is 1.08. The zero-order chi connectivity index (χ0) is 14.5. The van der Waals surface area contributed by atoms with E-state index in [0.717, 1.165) is 12.8 Å². The number of rotatable bonds is 7. The van der Waals surface area contributed by atoms with Crippen LogP contribution in [0.4, 0.5) is 0 Å². The maximum Gasteiger partial charge on any atom is 0.211 e. The fourth-order valence-corrected chi connectivity index (χ4v) is 3.76. The van der Waals surface area contributed by atoms with Crippen molar-refractivity contribution < 1.29 is 18.3 Å². The normalized spacial score (nSPS) is 25.2. The second kappa shape index (κ2) is 7.57. The second-order valence-electron chi connectivity index (χ2n) is 5.82. The van der Waals surface area contributed by atoms with Crippen molar-refractivity contribution in [1.82, 2.24) is 4.31 Å². The van der Waals surface area contributed by atoms with Crippen molar-refractivity contribution in [3.8, 4) is 0 Å². The van der Waals surface area contributed by atoms with Gasteiger partial charge in [-0.05, 0) is 37.5 Å². The van der Waals surface area contributed by atoms with Crippen molar-refractivity contribution >= 4 is 10.0 Å². The molecule has 5 nitrogen and oxygen atoms in total. The van der Waals surface area contributed by atoms with Gasteiger partial charge in [0.1, 0.15) is 0 Å². The summed E-state index contributed by atoms with van der Waals surface area (Å²) in [5.41, 5.74) is 0. The van der Waals surface area contributed by atoms with Gasteiger partial charge in [-0.25, -0.2) is 12.7 Å². The summed E-state index contributed by atoms with van der Waals surface area (Å²) in [5.74, 6) is 0.600. The molecule has 0 bridgehead atoms. The third-order valence-electron chi connectivity index (χ3n) is 3.68. The molecule has 1 fully saturated rings. The van der Waals surface area contributed by atoms with Crippen molar-refractivity contribution in [3.05, 3.63) is 0 Å². The number of aliphatic hydroxyl groups is 1. The van der Waals surface area contributed by atoms with Crippen molar-refractivity contribution in [1.29, 1.82) is 0 Å². The molecule has 114 valence electrons. The summed E-state index contributed by atoms with van der Waals surface area (Å²) in [7, 11) is -1.43. The van der Waals surface area contributed by atoms with Gasteiger partial charge in [0.25, 0.3) is 0 Å². The average Bonchev–Trinajstić information content (AvgIpc) is 2.28. The topological polar surface area (TPSA) is 66.8 Å². The molecule has 0 radical (unpaired) electrons. The summed E-state index contributed by atoms with van der Waals surface area (Å²) < 4.78 is 29.6. The molecular formula is C13H27NO4S. The van der Waals surface area contributed by atoms with E-state index in [1.807, 2.05) is 0 Å². The Kier molecular flexibility index (Phi) is 6.73. The van der Waals surface area contributed by atoms with Gasteiger partial charge in [0.2, 0.25) is 10.0 Å². The molecule has 0 spiro atoms. The summed E-state index contributed by atoms with van der Waals surface area (Å²) in [6.07, 6.45) is 4.17. The minimum Gasteiger partial charge on any atom is -0.393 e. The first kappa shape index (κ1) is 16.9. The predicted molar refractivity (Wildman–Crippen MR) is 75.4 cm³/mol. The van der Waals surface area contributed by atoms with Gasteiger partial charge in [-0.3, -0.25) is 0 Å². The largest absolute Gasteiger partial charge is 0.393 e. The molecular weight excluding hydrogens is 266 g/mol. The highest BCUT2D eigenvalue weighted by molar-refractivity contribution is 7.88. The lowest BCUT2D eigenvalue weighted by Crippen LogP contribution is -2.40. The third-order valence-corrected chi connectivity index (χ3v) is 4.95. The van der Waals surface area contributed by atoms with Crippen LogP contribution in [0.5, 0.6) is 0 Å². The molecule has 0 aromatic heterocycles. The molecule has 0 aromatic carbocycles. The number of hydrogen-bond donors (Lipinski definition) is 1. The summed E-state index contributed by atoms with van der Waals surface area (Å²) in [5, 5.41) is 10.1. The highest BCUT2D eigenvalue weighted by Gasteiger charge is 2.27. The van der Waals surface area contributed by atoms with Gasteiger partial charge in [0.05, 0.1) is 12.4 Å². The van der Waals surface area contributed by atoms with E-state index < -0.39 is 10.0 Å². The van der Waals surface area contributed by atoms with Crippen LogP contribution in [0, 0.1) is 11.8 Å². The van der Waals surface area contributed by atoms with Crippen LogP contribution in [0.2, 0.25) is 0 Å². The van der Waals surface area contributed by atoms with Crippen LogP contribution >= 0.6 is 0 Å². The molecule has 6 heteroatoms. The van der Waals surface area contributed by atoms with Gasteiger partial charge in [-0.1, -0.05) is 6.92 Å². The maximum absolute atomic E-state index is 11.5. The Labute approximate surface area is 117 Å². The lowest BCUT2D eigenvalue weighted by molar-refractivity contribution is 0.0770. The molecule has 0 aliphatic carbocycles. The maximum atomic E-state index is 11.5. The van der Waals surface area contributed by atoms with Crippen LogP contribution in [-0.4, -0.2) is 57.0 Å². The summed E-state index contributed by atoms with van der Waals surface area (Å²) >= 11 is 0. The fraction of sp³-hybridized carbons (Fsp3) is 1.00. The molecule has 3 unspecified atom stereocenters. The monoisotopic (exact) mass is 293 g/mol. The smallest absolute Gasteiger partial charge is 0.211 e. The Hall–Kier alpha value is -0.170. The van der Waals surface area contributed by atoms with Gasteiger partial charge < -0.3 is 9.84 Å². The molecule has 1 N–H and O–H groups in total. The van der Waals surface area contributed by atoms with Crippen LogP contribution in [-0.2, 0) is 14.8 Å². The first-order valence-corrected chi connectivity index (χ1v) is 8.80. The average molecular weight is 293 g/mol. The number of nitrogens with zero attached hydrogens (tertiary/aromatic N) is 1. The van der Waals surface area contributed by atoms with E-state index in [0.29, 0.717) is 38.5 Å². The Bertz CT molecular complexity index is 358. The first-order valence-electron chi connectivity index (χ1n) is 6.95. The Balaban J connectivity index is 2.40. The number of sulfonamides is 1. The highest BCUT2D eigenvalue weighted by atomic mass is 32.2. The number of aliphatic hydroxyl groups excluding tert-OH is 1. The molecule has 3 atom stereocenters. The van der Waals surface area contributed by atoms with Gasteiger partial charge in [-0.2, -0.15) is 0 Å². The zero-order valence-corrected chi connectivity index (χ0v) is 13.0. The van der Waals surface area contributed by atoms with Crippen LogP contribution in [0.1, 0.15) is 32.6 Å². The molecule has 0 saturated carbocycles. The molecule has 1 aliphatic heterocycles. The van der Waals surface area contributed by atoms with E-state index in [9.17, 15) is 13.5 Å². The Morgan fingerprint density at radius 3 is 2.74 bits per heavy atom. The molecule has 0 aromatic rings. The van der Waals surface area contributed by atoms with E-state index in [-0.39, 0.29) is 12.0 Å². The van der Waals surface area contributed by atoms with Gasteiger partial charge >= 0.3 is 0 Å². The SMILES string of the molecule is COCC(C)CC(O)CC1CCCN(S(C)(=O)=O)C1. The van der Waals surface area contributed by atoms with Crippen molar-refractivity contribution in [2.45, 2.75) is 38.7 Å². The molecule has 1 rings (SSSR count). The minimum atomic E-state index is -3.09. The summed E-state index contributed by atoms with van der Waals surface area (Å²) in [4.78, 5) is 0. The summed E-state index contributed by atoms with van der Waals surface area (Å²) in [6, 6.07) is 0. The van der Waals surface area contributed by atoms with Crippen molar-refractivity contribution in [2.75, 3.05) is 33.1 Å². The van der Waals surface area contributed by atoms with E-state index in [4.69, 9.17) is 4.74 Å². The zero-order valence-electron chi connectivity index (χ0n) is 12.2. The Morgan fingerprint density at radius 1 is 1.47 bits per heavy atom. The third kappa shape index (κ3) is 6.21. The van der Waals surface area contributed by atoms with E-state index in [2.05, 4.69) is 6.92 Å². The highest BCUT2D eigenvalue weighted by Crippen LogP contribution is 2.24. The molecule has 1 heterocycles. The number of methoxy groups -OCH3 is 1. The van der Waals surface area contributed by atoms with Crippen LogP contribution in [0.25, 0.3) is 0 Å². The molecule has 19 heavy (non-hydrogen) atoms. The van der Waals surface area contributed by atoms with E-state index in [1.165, 1.54) is 10.6 Å². The van der Waals surface area contributed by atoms with Crippen molar-refractivity contribution in [2.24, 2.45) is 11.8 Å². The quantitative estimate of drug-likeness (QED) is 0.763. The van der Waals surface area contributed by atoms with Crippen LogP contribution < -0.4 is 0 Å². The number of piperidine rings is 1. The first-order chi connectivity index (χ1) is 8.82. The summed E-state index contributed by atoms with van der Waals surface area (Å²) in [6.45, 7) is 3.87. The van der Waals surface area contributed by atoms with Crippen LogP contribution in [0.15, 0.2) is 0 Å². The molecule has 1 aliphatic rings. The molecule has 0 amide bonds. The standard InChI is InChI=1S/C13H27NO4S/c1-11(10-18-2)7-13(15)8-12-5-4-6-14(9-12)19(3,16)17/h11-13,15H,4-10H2,1-3H3. The van der Waals surface area contributed by atoms with E-state index in [1.54, 1.807) is 7.11 Å². The number of hydrogen-bond acceptors (Lipinski definition) is 4. The van der Waals surface area contributed by atoms with Crippen molar-refractivity contribution in [3.63, 3.8) is 0 Å². The van der Waals surface area contributed by atoms with Gasteiger partial charge in [-0.15, -0.1) is 0 Å². The van der Waals surface area contributed by atoms with Crippen LogP contribution in [0.3, 0.4) is 0 Å². The second-order valence-corrected chi connectivity index (χ2v) is 7.80. The molecule has 1 saturated heterocycles. The number of ether oxygens (including phenoxy) is 1. The lowest BCUT2D eigenvalue weighted by Gasteiger charge is -2.32. The lowest BCUT2D eigenvalue weighted by atomic mass is 9.90. The Morgan fingerprint density at radius 2 is 2.16 bits per heavy atom. The minimum absolute atomic E-state index is 0.271. The van der Waals surface area contributed by atoms with Gasteiger partial charge in [0.15, 0.2) is 0 Å². The fourth-order valence-electron chi connectivity index (χ4n) is 2.82. The van der Waals surface area contributed by atoms with Gasteiger partial charge in [0, 0.05) is 26.8 Å². The van der Waals surface area contributed by atoms with E-state index >= 15 is 0 Å².